The van der Waals surface area contributed by atoms with Crippen LogP contribution in [0.2, 0.25) is 0 Å². The van der Waals surface area contributed by atoms with Gasteiger partial charge >= 0.3 is 0 Å². The molecule has 1 aliphatic carbocycles. The van der Waals surface area contributed by atoms with Gasteiger partial charge in [0.05, 0.1) is 13.2 Å². The highest BCUT2D eigenvalue weighted by atomic mass is 16.5. The maximum atomic E-state index is 13.5. The van der Waals surface area contributed by atoms with Gasteiger partial charge < -0.3 is 15.0 Å². The number of piperidine rings is 1. The maximum Gasteiger partial charge on any atom is 0.226 e. The molecule has 27 heavy (non-hydrogen) atoms. The Morgan fingerprint density at radius 3 is 2.67 bits per heavy atom. The van der Waals surface area contributed by atoms with E-state index in [1.165, 1.54) is 5.56 Å². The molecule has 0 aromatic heterocycles. The molecule has 5 heteroatoms. The number of nitrogens with one attached hydrogen (secondary N) is 1. The minimum absolute atomic E-state index is 0.218. The lowest BCUT2D eigenvalue weighted by Gasteiger charge is -2.36. The average Bonchev–Trinajstić information content (AvgIpc) is 3.40. The second-order valence-electron chi connectivity index (χ2n) is 8.58. The second kappa shape index (κ2) is 8.29. The summed E-state index contributed by atoms with van der Waals surface area (Å²) in [6.07, 6.45) is 3.39. The fraction of sp³-hybridized carbons (Fsp3) is 0.682. The third kappa shape index (κ3) is 4.36. The van der Waals surface area contributed by atoms with Gasteiger partial charge in [0, 0.05) is 38.1 Å². The summed E-state index contributed by atoms with van der Waals surface area (Å²) in [5, 5.41) is 3.44. The maximum absolute atomic E-state index is 13.5. The summed E-state index contributed by atoms with van der Waals surface area (Å²) < 4.78 is 5.48. The minimum atomic E-state index is 0.218. The summed E-state index contributed by atoms with van der Waals surface area (Å²) in [6, 6.07) is 10.7. The molecule has 0 bridgehead atoms. The zero-order valence-corrected chi connectivity index (χ0v) is 16.5. The van der Waals surface area contributed by atoms with E-state index >= 15 is 0 Å². The lowest BCUT2D eigenvalue weighted by molar-refractivity contribution is -0.137. The number of hydrogen-bond donors (Lipinski definition) is 1. The minimum Gasteiger partial charge on any atom is -0.379 e. The van der Waals surface area contributed by atoms with Crippen molar-refractivity contribution in [3.05, 3.63) is 35.9 Å². The Morgan fingerprint density at radius 1 is 1.26 bits per heavy atom. The Kier molecular flexibility index (Phi) is 5.81. The molecule has 2 saturated heterocycles. The first-order chi connectivity index (χ1) is 13.2. The predicted molar refractivity (Wildman–Crippen MR) is 106 cm³/mol. The summed E-state index contributed by atoms with van der Waals surface area (Å²) in [4.78, 5) is 18.1. The number of ether oxygens (including phenoxy) is 1. The highest BCUT2D eigenvalue weighted by Gasteiger charge is 2.58. The van der Waals surface area contributed by atoms with E-state index in [0.717, 1.165) is 71.7 Å². The number of benzene rings is 1. The van der Waals surface area contributed by atoms with Crippen molar-refractivity contribution in [2.45, 2.75) is 38.8 Å². The molecule has 2 aliphatic heterocycles. The van der Waals surface area contributed by atoms with Crippen molar-refractivity contribution in [3.63, 3.8) is 0 Å². The van der Waals surface area contributed by atoms with Crippen molar-refractivity contribution in [2.24, 2.45) is 11.3 Å². The van der Waals surface area contributed by atoms with Crippen molar-refractivity contribution in [2.75, 3.05) is 45.9 Å². The quantitative estimate of drug-likeness (QED) is 0.832. The third-order valence-electron chi connectivity index (χ3n) is 6.72. The van der Waals surface area contributed by atoms with Crippen LogP contribution in [0.1, 0.15) is 31.7 Å². The van der Waals surface area contributed by atoms with Crippen LogP contribution in [0.5, 0.6) is 0 Å². The molecule has 0 radical (unpaired) electrons. The van der Waals surface area contributed by atoms with Crippen molar-refractivity contribution >= 4 is 5.91 Å². The van der Waals surface area contributed by atoms with Crippen LogP contribution in [0.3, 0.4) is 0 Å². The van der Waals surface area contributed by atoms with Crippen LogP contribution in [0.4, 0.5) is 0 Å². The van der Waals surface area contributed by atoms with Crippen molar-refractivity contribution in [1.82, 2.24) is 15.1 Å². The van der Waals surface area contributed by atoms with E-state index in [4.69, 9.17) is 4.74 Å². The van der Waals surface area contributed by atoms with E-state index in [-0.39, 0.29) is 17.4 Å². The van der Waals surface area contributed by atoms with Gasteiger partial charge in [-0.1, -0.05) is 30.3 Å². The lowest BCUT2D eigenvalue weighted by Crippen LogP contribution is -2.48. The van der Waals surface area contributed by atoms with Gasteiger partial charge in [0.15, 0.2) is 0 Å². The summed E-state index contributed by atoms with van der Waals surface area (Å²) >= 11 is 0. The van der Waals surface area contributed by atoms with E-state index in [9.17, 15) is 4.79 Å². The largest absolute Gasteiger partial charge is 0.379 e. The first kappa shape index (κ1) is 18.9. The molecular formula is C22H33N3O2. The van der Waals surface area contributed by atoms with Gasteiger partial charge in [-0.2, -0.15) is 0 Å². The molecule has 5 nitrogen and oxygen atoms in total. The Hall–Kier alpha value is -1.43. The first-order valence-corrected chi connectivity index (χ1v) is 10.5. The predicted octanol–water partition coefficient (Wildman–Crippen LogP) is 2.13. The molecule has 3 fully saturated rings. The van der Waals surface area contributed by atoms with E-state index in [0.29, 0.717) is 5.91 Å². The molecule has 2 unspecified atom stereocenters. The normalized spacial score (nSPS) is 25.9. The van der Waals surface area contributed by atoms with Gasteiger partial charge in [-0.15, -0.1) is 0 Å². The second-order valence-corrected chi connectivity index (χ2v) is 8.58. The Balaban J connectivity index is 1.46. The Bertz CT molecular complexity index is 624. The molecule has 1 N–H and O–H groups in total. The molecule has 3 aliphatic rings. The van der Waals surface area contributed by atoms with Crippen LogP contribution in [0.15, 0.2) is 30.3 Å². The molecule has 4 rings (SSSR count). The van der Waals surface area contributed by atoms with E-state index in [1.807, 2.05) is 6.07 Å². The SMILES string of the molecule is CC(CN1CCOCC1)N(Cc1ccccc1)C(=O)C1CC12CCNCC2. The van der Waals surface area contributed by atoms with Crippen LogP contribution in [-0.4, -0.2) is 67.7 Å². The van der Waals surface area contributed by atoms with Gasteiger partial charge in [0.25, 0.3) is 0 Å². The molecule has 2 atom stereocenters. The topological polar surface area (TPSA) is 44.8 Å². The average molecular weight is 372 g/mol. The molecule has 1 aromatic carbocycles. The third-order valence-corrected chi connectivity index (χ3v) is 6.72. The Morgan fingerprint density at radius 2 is 1.96 bits per heavy atom. The number of carbonyl (C=O) groups is 1. The monoisotopic (exact) mass is 371 g/mol. The fourth-order valence-corrected chi connectivity index (χ4v) is 4.86. The summed E-state index contributed by atoms with van der Waals surface area (Å²) in [7, 11) is 0. The molecule has 2 heterocycles. The number of amides is 1. The van der Waals surface area contributed by atoms with Crippen molar-refractivity contribution in [1.29, 1.82) is 0 Å². The summed E-state index contributed by atoms with van der Waals surface area (Å²) in [6.45, 7) is 9.54. The Labute approximate surface area is 163 Å². The molecule has 1 spiro atoms. The van der Waals surface area contributed by atoms with Gasteiger partial charge in [-0.25, -0.2) is 0 Å². The molecule has 1 amide bonds. The van der Waals surface area contributed by atoms with Gasteiger partial charge in [-0.05, 0) is 50.3 Å². The van der Waals surface area contributed by atoms with Crippen LogP contribution in [-0.2, 0) is 16.1 Å². The van der Waals surface area contributed by atoms with Crippen molar-refractivity contribution < 1.29 is 9.53 Å². The van der Waals surface area contributed by atoms with Gasteiger partial charge in [0.1, 0.15) is 0 Å². The van der Waals surface area contributed by atoms with Crippen LogP contribution in [0, 0.1) is 11.3 Å². The highest BCUT2D eigenvalue weighted by Crippen LogP contribution is 2.59. The molecule has 1 saturated carbocycles. The van der Waals surface area contributed by atoms with E-state index in [2.05, 4.69) is 46.3 Å². The van der Waals surface area contributed by atoms with E-state index < -0.39 is 0 Å². The fourth-order valence-electron chi connectivity index (χ4n) is 4.86. The molecular weight excluding hydrogens is 338 g/mol. The number of morpholine rings is 1. The van der Waals surface area contributed by atoms with Crippen LogP contribution < -0.4 is 5.32 Å². The highest BCUT2D eigenvalue weighted by molar-refractivity contribution is 5.83. The number of rotatable bonds is 6. The lowest BCUT2D eigenvalue weighted by atomic mass is 9.91. The summed E-state index contributed by atoms with van der Waals surface area (Å²) in [5.74, 6) is 0.608. The molecule has 1 aromatic rings. The summed E-state index contributed by atoms with van der Waals surface area (Å²) in [5.41, 5.74) is 1.51. The van der Waals surface area contributed by atoms with Gasteiger partial charge in [0.2, 0.25) is 5.91 Å². The number of nitrogens with zero attached hydrogens (tertiary/aromatic N) is 2. The van der Waals surface area contributed by atoms with Crippen LogP contribution in [0.25, 0.3) is 0 Å². The number of carbonyl (C=O) groups excluding carboxylic acids is 1. The number of hydrogen-bond acceptors (Lipinski definition) is 4. The van der Waals surface area contributed by atoms with Crippen molar-refractivity contribution in [3.8, 4) is 0 Å². The molecule has 148 valence electrons. The van der Waals surface area contributed by atoms with Crippen LogP contribution >= 0.6 is 0 Å². The standard InChI is InChI=1S/C22H33N3O2/c1-18(16-24-11-13-27-14-12-24)25(17-19-5-3-2-4-6-19)21(26)20-15-22(20)7-9-23-10-8-22/h2-6,18,20,23H,7-17H2,1H3. The zero-order chi connectivity index (χ0) is 18.7. The first-order valence-electron chi connectivity index (χ1n) is 10.5. The van der Waals surface area contributed by atoms with E-state index in [1.54, 1.807) is 0 Å². The van der Waals surface area contributed by atoms with Gasteiger partial charge in [-0.3, -0.25) is 9.69 Å². The zero-order valence-electron chi connectivity index (χ0n) is 16.5. The smallest absolute Gasteiger partial charge is 0.226 e.